The molecule has 16 nitrogen and oxygen atoms in total. The number of hydrogen-bond donors (Lipinski definition) is 2. The number of imide groups is 2. The molecule has 7 heterocycles. The van der Waals surface area contributed by atoms with Gasteiger partial charge in [-0.05, 0) is 68.4 Å². The van der Waals surface area contributed by atoms with Crippen molar-refractivity contribution in [3.63, 3.8) is 0 Å². The summed E-state index contributed by atoms with van der Waals surface area (Å²) in [7, 11) is 0. The van der Waals surface area contributed by atoms with Gasteiger partial charge in [-0.15, -0.1) is 0 Å². The fraction of sp³-hybridized carbons (Fsp3) is 0.400. The molecule has 5 aliphatic rings. The van der Waals surface area contributed by atoms with E-state index in [1.165, 1.54) is 6.20 Å². The number of aromatic nitrogens is 5. The molecule has 0 spiro atoms. The summed E-state index contributed by atoms with van der Waals surface area (Å²) in [4.78, 5) is 73.1. The van der Waals surface area contributed by atoms with Crippen molar-refractivity contribution in [1.82, 2.24) is 39.5 Å². The van der Waals surface area contributed by atoms with Crippen LogP contribution in [0.3, 0.4) is 0 Å². The zero-order chi connectivity index (χ0) is 39.0. The van der Waals surface area contributed by atoms with Crippen molar-refractivity contribution in [2.45, 2.75) is 56.3 Å². The number of halogens is 1. The number of alkyl halides is 1. The van der Waals surface area contributed by atoms with Gasteiger partial charge in [-0.3, -0.25) is 43.8 Å². The maximum atomic E-state index is 16.1. The number of piperidine rings is 2. The minimum atomic E-state index is -1.44. The Morgan fingerprint density at radius 1 is 1.00 bits per heavy atom. The normalized spacial score (nSPS) is 21.2. The molecular weight excluding hydrogens is 736 g/mol. The van der Waals surface area contributed by atoms with Gasteiger partial charge < -0.3 is 15.0 Å². The lowest BCUT2D eigenvalue weighted by molar-refractivity contribution is -0.136. The fourth-order valence-corrected chi connectivity index (χ4v) is 8.46. The first-order chi connectivity index (χ1) is 27.6. The van der Waals surface area contributed by atoms with Crippen LogP contribution in [-0.2, 0) is 9.59 Å². The highest BCUT2D eigenvalue weighted by molar-refractivity contribution is 6.23. The number of rotatable bonds is 10. The molecule has 17 heteroatoms. The van der Waals surface area contributed by atoms with Gasteiger partial charge in [0.25, 0.3) is 17.7 Å². The number of carbonyl (C=O) groups excluding carboxylic acids is 5. The first kappa shape index (κ1) is 35.2. The zero-order valence-electron chi connectivity index (χ0n) is 30.9. The number of hydrogen-bond acceptors (Lipinski definition) is 11. The second kappa shape index (κ2) is 13.5. The average molecular weight is 775 g/mol. The summed E-state index contributed by atoms with van der Waals surface area (Å²) in [6.07, 6.45) is 10.8. The maximum Gasteiger partial charge on any atom is 0.262 e. The number of anilines is 2. The van der Waals surface area contributed by atoms with Crippen LogP contribution >= 0.6 is 0 Å². The molecule has 1 saturated carbocycles. The van der Waals surface area contributed by atoms with E-state index in [-0.39, 0.29) is 55.6 Å². The van der Waals surface area contributed by atoms with Crippen molar-refractivity contribution in [1.29, 1.82) is 0 Å². The summed E-state index contributed by atoms with van der Waals surface area (Å²) in [5.74, 6) is -1.51. The van der Waals surface area contributed by atoms with Crippen molar-refractivity contribution in [2.24, 2.45) is 5.92 Å². The van der Waals surface area contributed by atoms with E-state index in [1.54, 1.807) is 41.2 Å². The topological polar surface area (TPSA) is 176 Å². The van der Waals surface area contributed by atoms with Crippen LogP contribution in [0.1, 0.15) is 75.6 Å². The SMILES string of the molecule is O=C1CC[C@@H](N2C(=O)c3ccc(N4CC(F)(CN5CCC(n6cc7cc(NC(=O)c8cnn9cccnc89)c(OCC8CC8)cc7n6)CC5)C4)cc3C2=O)C(=O)N1. The van der Waals surface area contributed by atoms with Crippen LogP contribution in [0.25, 0.3) is 16.6 Å². The highest BCUT2D eigenvalue weighted by Crippen LogP contribution is 2.38. The minimum absolute atomic E-state index is 0.0460. The number of fused-ring (bicyclic) bond motifs is 3. The van der Waals surface area contributed by atoms with Gasteiger partial charge in [0.1, 0.15) is 17.4 Å². The van der Waals surface area contributed by atoms with E-state index >= 15 is 4.39 Å². The number of ether oxygens (including phenoxy) is 1. The number of nitrogens with zero attached hydrogens (tertiary/aromatic N) is 8. The Labute approximate surface area is 324 Å². The zero-order valence-corrected chi connectivity index (χ0v) is 30.9. The monoisotopic (exact) mass is 774 g/mol. The quantitative estimate of drug-likeness (QED) is 0.199. The van der Waals surface area contributed by atoms with Gasteiger partial charge in [0.15, 0.2) is 11.3 Å². The lowest BCUT2D eigenvalue weighted by Gasteiger charge is -2.48. The summed E-state index contributed by atoms with van der Waals surface area (Å²) >= 11 is 0. The second-order valence-corrected chi connectivity index (χ2v) is 15.9. The number of benzene rings is 2. The number of carbonyl (C=O) groups is 5. The molecule has 3 aromatic heterocycles. The van der Waals surface area contributed by atoms with Crippen LogP contribution < -0.4 is 20.3 Å². The Morgan fingerprint density at radius 3 is 2.60 bits per heavy atom. The average Bonchev–Trinajstić information content (AvgIpc) is 3.68. The first-order valence-corrected chi connectivity index (χ1v) is 19.4. The van der Waals surface area contributed by atoms with Crippen LogP contribution in [0.5, 0.6) is 5.75 Å². The lowest BCUT2D eigenvalue weighted by Crippen LogP contribution is -2.64. The third-order valence-corrected chi connectivity index (χ3v) is 11.7. The Morgan fingerprint density at radius 2 is 1.81 bits per heavy atom. The largest absolute Gasteiger partial charge is 0.491 e. The smallest absolute Gasteiger partial charge is 0.262 e. The molecule has 1 atom stereocenters. The van der Waals surface area contributed by atoms with E-state index in [9.17, 15) is 24.0 Å². The van der Waals surface area contributed by atoms with Gasteiger partial charge in [-0.2, -0.15) is 10.2 Å². The molecule has 4 aliphatic heterocycles. The van der Waals surface area contributed by atoms with Gasteiger partial charge in [0.2, 0.25) is 11.8 Å². The molecule has 5 aromatic rings. The Balaban J connectivity index is 0.770. The Bertz CT molecular complexity index is 2500. The minimum Gasteiger partial charge on any atom is -0.491 e. The molecule has 1 aliphatic carbocycles. The Kier molecular flexibility index (Phi) is 8.31. The number of amides is 5. The van der Waals surface area contributed by atoms with Gasteiger partial charge in [0, 0.05) is 61.8 Å². The molecule has 292 valence electrons. The van der Waals surface area contributed by atoms with Crippen LogP contribution in [0.4, 0.5) is 15.8 Å². The maximum absolute atomic E-state index is 16.1. The third kappa shape index (κ3) is 6.44. The van der Waals surface area contributed by atoms with Crippen LogP contribution in [0.15, 0.2) is 61.2 Å². The van der Waals surface area contributed by atoms with Crippen LogP contribution in [0.2, 0.25) is 0 Å². The summed E-state index contributed by atoms with van der Waals surface area (Å²) < 4.78 is 25.8. The summed E-state index contributed by atoms with van der Waals surface area (Å²) in [5.41, 5.74) is 1.69. The van der Waals surface area contributed by atoms with E-state index in [0.29, 0.717) is 53.9 Å². The van der Waals surface area contributed by atoms with Crippen LogP contribution in [0, 0.1) is 5.92 Å². The predicted molar refractivity (Wildman–Crippen MR) is 203 cm³/mol. The molecule has 57 heavy (non-hydrogen) atoms. The third-order valence-electron chi connectivity index (χ3n) is 11.7. The second-order valence-electron chi connectivity index (χ2n) is 15.9. The molecular formula is C40H39FN10O6. The van der Waals surface area contributed by atoms with Crippen molar-refractivity contribution >= 4 is 57.5 Å². The molecule has 4 fully saturated rings. The van der Waals surface area contributed by atoms with Crippen molar-refractivity contribution < 1.29 is 33.1 Å². The van der Waals surface area contributed by atoms with Gasteiger partial charge in [0.05, 0.1) is 54.3 Å². The highest BCUT2D eigenvalue weighted by Gasteiger charge is 2.48. The predicted octanol–water partition coefficient (Wildman–Crippen LogP) is 3.39. The number of likely N-dealkylation sites (tertiary alicyclic amines) is 1. The van der Waals surface area contributed by atoms with E-state index in [2.05, 4.69) is 25.6 Å². The molecule has 0 radical (unpaired) electrons. The van der Waals surface area contributed by atoms with Gasteiger partial charge in [-0.1, -0.05) is 0 Å². The molecule has 3 saturated heterocycles. The number of nitrogens with one attached hydrogen (secondary N) is 2. The molecule has 10 rings (SSSR count). The van der Waals surface area contributed by atoms with E-state index in [1.807, 2.05) is 27.9 Å². The van der Waals surface area contributed by atoms with E-state index in [0.717, 1.165) is 41.5 Å². The molecule has 5 amide bonds. The lowest BCUT2D eigenvalue weighted by atomic mass is 9.92. The van der Waals surface area contributed by atoms with Crippen molar-refractivity contribution in [3.8, 4) is 5.75 Å². The standard InChI is InChI=1S/C40H39FN10O6/c41-40(21-48(22-40)26-4-5-27-28(15-26)39(56)51(38(27)55)32-6-7-34(52)45-37(32)54)20-47-12-8-25(9-13-47)50-18-24-14-31(33(16-30(24)46-50)57-19-23-2-3-23)44-36(53)29-17-43-49-11-1-10-42-35(29)49/h1,4-5,10-11,14-18,23,25,32H,2-3,6-9,12-13,19-22H2,(H,44,53)(H,45,52,54)/t32-/m1/s1. The van der Waals surface area contributed by atoms with Crippen molar-refractivity contribution in [3.05, 3.63) is 77.9 Å². The Hall–Kier alpha value is -6.23. The van der Waals surface area contributed by atoms with Crippen molar-refractivity contribution in [2.75, 3.05) is 49.5 Å². The molecule has 2 aromatic carbocycles. The summed E-state index contributed by atoms with van der Waals surface area (Å²) in [6.45, 7) is 2.53. The summed E-state index contributed by atoms with van der Waals surface area (Å²) in [6, 6.07) is 9.45. The van der Waals surface area contributed by atoms with Gasteiger partial charge in [-0.25, -0.2) is 13.9 Å². The fourth-order valence-electron chi connectivity index (χ4n) is 8.46. The van der Waals surface area contributed by atoms with Gasteiger partial charge >= 0.3 is 0 Å². The molecule has 0 bridgehead atoms. The van der Waals surface area contributed by atoms with E-state index in [4.69, 9.17) is 9.84 Å². The summed E-state index contributed by atoms with van der Waals surface area (Å²) in [5, 5.41) is 15.2. The molecule has 0 unspecified atom stereocenters. The van der Waals surface area contributed by atoms with Crippen LogP contribution in [-0.4, -0.2) is 115 Å². The first-order valence-electron chi connectivity index (χ1n) is 19.4. The van der Waals surface area contributed by atoms with E-state index < -0.39 is 35.3 Å². The molecule has 2 N–H and O–H groups in total. The highest BCUT2D eigenvalue weighted by atomic mass is 19.1.